The molecule has 0 spiro atoms. The molecule has 2 aromatic rings. The first-order valence-corrected chi connectivity index (χ1v) is 6.45. The predicted molar refractivity (Wildman–Crippen MR) is 76.2 cm³/mol. The summed E-state index contributed by atoms with van der Waals surface area (Å²) >= 11 is 0. The van der Waals surface area contributed by atoms with Gasteiger partial charge in [-0.05, 0) is 24.6 Å². The first kappa shape index (κ1) is 17.3. The Bertz CT molecular complexity index is 899. The first-order valence-electron chi connectivity index (χ1n) is 6.45. The zero-order valence-electron chi connectivity index (χ0n) is 12.1. The fraction of sp³-hybridized carbons (Fsp3) is 0.133. The van der Waals surface area contributed by atoms with Crippen LogP contribution in [0.25, 0.3) is 11.1 Å². The van der Waals surface area contributed by atoms with Gasteiger partial charge in [0.25, 0.3) is 5.56 Å². The van der Waals surface area contributed by atoms with Crippen molar-refractivity contribution in [2.45, 2.75) is 13.1 Å². The lowest BCUT2D eigenvalue weighted by Crippen LogP contribution is -2.23. The Labute approximate surface area is 132 Å². The molecule has 9 heteroatoms. The van der Waals surface area contributed by atoms with E-state index in [-0.39, 0.29) is 11.3 Å². The van der Waals surface area contributed by atoms with Crippen LogP contribution in [0.15, 0.2) is 29.1 Å². The summed E-state index contributed by atoms with van der Waals surface area (Å²) in [5.74, 6) is -3.31. The second kappa shape index (κ2) is 5.84. The highest BCUT2D eigenvalue weighted by Crippen LogP contribution is 2.34. The molecule has 0 unspecified atom stereocenters. The van der Waals surface area contributed by atoms with Gasteiger partial charge in [0.2, 0.25) is 0 Å². The molecular weight excluding hydrogens is 331 g/mol. The average Bonchev–Trinajstić information content (AvgIpc) is 2.44. The molecule has 0 radical (unpaired) electrons. The minimum Gasteiger partial charge on any atom is -0.478 e. The van der Waals surface area contributed by atoms with Crippen LogP contribution in [0.5, 0.6) is 0 Å². The molecule has 0 amide bonds. The SMILES string of the molecule is Cc1[nH]c(=O)c(C(=O)O)c(-c2cccc(C(F)(F)F)c2)c1C(=O)O. The van der Waals surface area contributed by atoms with Gasteiger partial charge in [-0.2, -0.15) is 13.2 Å². The van der Waals surface area contributed by atoms with Crippen molar-refractivity contribution >= 4 is 11.9 Å². The minimum atomic E-state index is -4.71. The van der Waals surface area contributed by atoms with Crippen molar-refractivity contribution < 1.29 is 33.0 Å². The Hall–Kier alpha value is -3.10. The minimum absolute atomic E-state index is 0.162. The summed E-state index contributed by atoms with van der Waals surface area (Å²) in [5.41, 5.74) is -4.76. The Balaban J connectivity index is 2.95. The van der Waals surface area contributed by atoms with Crippen LogP contribution in [-0.2, 0) is 6.18 Å². The number of benzene rings is 1. The molecule has 0 saturated carbocycles. The van der Waals surface area contributed by atoms with E-state index in [2.05, 4.69) is 4.98 Å². The van der Waals surface area contributed by atoms with E-state index in [0.717, 1.165) is 18.2 Å². The van der Waals surface area contributed by atoms with Crippen molar-refractivity contribution in [3.63, 3.8) is 0 Å². The molecule has 6 nitrogen and oxygen atoms in total. The summed E-state index contributed by atoms with van der Waals surface area (Å²) in [4.78, 5) is 36.8. The number of hydrogen-bond donors (Lipinski definition) is 3. The number of aromatic nitrogens is 1. The van der Waals surface area contributed by atoms with Crippen LogP contribution in [0.3, 0.4) is 0 Å². The second-order valence-electron chi connectivity index (χ2n) is 4.89. The molecule has 1 heterocycles. The van der Waals surface area contributed by atoms with Crippen molar-refractivity contribution in [1.82, 2.24) is 4.98 Å². The van der Waals surface area contributed by atoms with Crippen LogP contribution in [0.2, 0.25) is 0 Å². The third kappa shape index (κ3) is 3.00. The molecule has 0 fully saturated rings. The molecule has 0 atom stereocenters. The number of carboxylic acids is 2. The second-order valence-corrected chi connectivity index (χ2v) is 4.89. The average molecular weight is 341 g/mol. The van der Waals surface area contributed by atoms with Crippen LogP contribution in [-0.4, -0.2) is 27.1 Å². The van der Waals surface area contributed by atoms with Gasteiger partial charge in [0, 0.05) is 11.3 Å². The van der Waals surface area contributed by atoms with E-state index in [4.69, 9.17) is 0 Å². The first-order chi connectivity index (χ1) is 11.0. The van der Waals surface area contributed by atoms with Crippen LogP contribution >= 0.6 is 0 Å². The maximum atomic E-state index is 12.9. The summed E-state index contributed by atoms with van der Waals surface area (Å²) in [5, 5.41) is 18.5. The van der Waals surface area contributed by atoms with Crippen molar-refractivity contribution in [2.24, 2.45) is 0 Å². The zero-order valence-corrected chi connectivity index (χ0v) is 12.1. The van der Waals surface area contributed by atoms with Gasteiger partial charge >= 0.3 is 18.1 Å². The Morgan fingerprint density at radius 3 is 2.17 bits per heavy atom. The van der Waals surface area contributed by atoms with E-state index < -0.39 is 45.9 Å². The monoisotopic (exact) mass is 341 g/mol. The molecule has 1 aromatic heterocycles. The largest absolute Gasteiger partial charge is 0.478 e. The Kier molecular flexibility index (Phi) is 4.20. The van der Waals surface area contributed by atoms with E-state index in [1.807, 2.05) is 0 Å². The highest BCUT2D eigenvalue weighted by atomic mass is 19.4. The number of carboxylic acid groups (broad SMARTS) is 2. The van der Waals surface area contributed by atoms with Crippen LogP contribution < -0.4 is 5.56 Å². The van der Waals surface area contributed by atoms with Gasteiger partial charge in [0.15, 0.2) is 0 Å². The summed E-state index contributed by atoms with van der Waals surface area (Å²) in [6, 6.07) is 3.48. The maximum Gasteiger partial charge on any atom is 0.416 e. The number of alkyl halides is 3. The molecule has 0 aliphatic heterocycles. The van der Waals surface area contributed by atoms with Gasteiger partial charge in [-0.25, -0.2) is 9.59 Å². The third-order valence-corrected chi connectivity index (χ3v) is 3.31. The predicted octanol–water partition coefficient (Wildman–Crippen LogP) is 2.77. The number of aryl methyl sites for hydroxylation is 1. The number of halogens is 3. The molecular formula is C15H10F3NO5. The zero-order chi connectivity index (χ0) is 18.2. The molecule has 0 saturated heterocycles. The number of aromatic amines is 1. The standard InChI is InChI=1S/C15H10F3NO5/c1-6-9(13(21)22)10(11(14(23)24)12(20)19-6)7-3-2-4-8(5-7)15(16,17)18/h2-5H,1H3,(H,19,20)(H,21,22)(H,23,24). The van der Waals surface area contributed by atoms with Gasteiger partial charge in [-0.3, -0.25) is 4.79 Å². The smallest absolute Gasteiger partial charge is 0.416 e. The number of carbonyl (C=O) groups is 2. The van der Waals surface area contributed by atoms with Crippen LogP contribution in [0.4, 0.5) is 13.2 Å². The number of hydrogen-bond acceptors (Lipinski definition) is 3. The lowest BCUT2D eigenvalue weighted by molar-refractivity contribution is -0.137. The molecule has 0 aliphatic carbocycles. The van der Waals surface area contributed by atoms with Crippen LogP contribution in [0.1, 0.15) is 32.0 Å². The number of nitrogens with one attached hydrogen (secondary N) is 1. The molecule has 0 aliphatic rings. The molecule has 24 heavy (non-hydrogen) atoms. The summed E-state index contributed by atoms with van der Waals surface area (Å²) in [7, 11) is 0. The van der Waals surface area contributed by atoms with Gasteiger partial charge < -0.3 is 15.2 Å². The number of H-pyrrole nitrogens is 1. The van der Waals surface area contributed by atoms with Gasteiger partial charge in [0.05, 0.1) is 11.1 Å². The number of pyridine rings is 1. The normalized spacial score (nSPS) is 11.3. The number of rotatable bonds is 3. The summed E-state index contributed by atoms with van der Waals surface area (Å²) in [6.07, 6.45) is -4.71. The van der Waals surface area contributed by atoms with Crippen LogP contribution in [0, 0.1) is 6.92 Å². The molecule has 126 valence electrons. The van der Waals surface area contributed by atoms with Gasteiger partial charge in [0.1, 0.15) is 5.56 Å². The van der Waals surface area contributed by atoms with Crippen molar-refractivity contribution in [3.05, 3.63) is 57.0 Å². The maximum absolute atomic E-state index is 12.9. The van der Waals surface area contributed by atoms with E-state index >= 15 is 0 Å². The lowest BCUT2D eigenvalue weighted by Gasteiger charge is -2.14. The van der Waals surface area contributed by atoms with E-state index in [0.29, 0.717) is 6.07 Å². The van der Waals surface area contributed by atoms with Crippen molar-refractivity contribution in [1.29, 1.82) is 0 Å². The Morgan fingerprint density at radius 2 is 1.67 bits per heavy atom. The van der Waals surface area contributed by atoms with Crippen molar-refractivity contribution in [3.8, 4) is 11.1 Å². The van der Waals surface area contributed by atoms with Gasteiger partial charge in [-0.1, -0.05) is 12.1 Å². The molecule has 0 bridgehead atoms. The number of aromatic carboxylic acids is 2. The fourth-order valence-corrected chi connectivity index (χ4v) is 2.33. The molecule has 2 rings (SSSR count). The Morgan fingerprint density at radius 1 is 1.08 bits per heavy atom. The molecule has 3 N–H and O–H groups in total. The quantitative estimate of drug-likeness (QED) is 0.796. The van der Waals surface area contributed by atoms with Gasteiger partial charge in [-0.15, -0.1) is 0 Å². The highest BCUT2D eigenvalue weighted by molar-refractivity contribution is 6.05. The van der Waals surface area contributed by atoms with Crippen molar-refractivity contribution in [2.75, 3.05) is 0 Å². The third-order valence-electron chi connectivity index (χ3n) is 3.31. The lowest BCUT2D eigenvalue weighted by atomic mass is 9.93. The summed E-state index contributed by atoms with van der Waals surface area (Å²) in [6.45, 7) is 1.22. The van der Waals surface area contributed by atoms with E-state index in [1.165, 1.54) is 6.92 Å². The fourth-order valence-electron chi connectivity index (χ4n) is 2.33. The summed E-state index contributed by atoms with van der Waals surface area (Å²) < 4.78 is 38.6. The molecule has 1 aromatic carbocycles. The topological polar surface area (TPSA) is 107 Å². The highest BCUT2D eigenvalue weighted by Gasteiger charge is 2.32. The van der Waals surface area contributed by atoms with E-state index in [9.17, 15) is 37.8 Å². The van der Waals surface area contributed by atoms with E-state index in [1.54, 1.807) is 0 Å².